The summed E-state index contributed by atoms with van der Waals surface area (Å²) in [5.74, 6) is 0.485. The van der Waals surface area contributed by atoms with E-state index in [1.807, 2.05) is 0 Å². The number of hydrogen-bond acceptors (Lipinski definition) is 3. The largest absolute Gasteiger partial charge is 0.462 e. The lowest BCUT2D eigenvalue weighted by Crippen LogP contribution is -3.12. The summed E-state index contributed by atoms with van der Waals surface area (Å²) >= 11 is 0. The molecule has 3 aliphatic rings. The van der Waals surface area contributed by atoms with Gasteiger partial charge in [0.2, 0.25) is 0 Å². The van der Waals surface area contributed by atoms with Crippen LogP contribution in [0.4, 0.5) is 0 Å². The van der Waals surface area contributed by atoms with Gasteiger partial charge in [0, 0.05) is 25.4 Å². The Labute approximate surface area is 185 Å². The zero-order chi connectivity index (χ0) is 21.6. The predicted octanol–water partition coefficient (Wildman–Crippen LogP) is 3.91. The monoisotopic (exact) mass is 419 g/mol. The topological polar surface area (TPSA) is 42.8 Å². The molecule has 0 aromatic rings. The normalized spacial score (nSPS) is 31.1. The molecule has 1 saturated heterocycles. The van der Waals surface area contributed by atoms with E-state index in [1.54, 1.807) is 16.0 Å². The molecule has 0 spiro atoms. The molecule has 1 saturated carbocycles. The Hall–Kier alpha value is -0.870. The fourth-order valence-electron chi connectivity index (χ4n) is 6.30. The molecule has 4 unspecified atom stereocenters. The third kappa shape index (κ3) is 5.68. The average molecular weight is 420 g/mol. The van der Waals surface area contributed by atoms with Crippen molar-refractivity contribution in [2.45, 2.75) is 98.0 Å². The smallest absolute Gasteiger partial charge is 0.310 e. The number of fused-ring (bicyclic) bond motifs is 2. The van der Waals surface area contributed by atoms with E-state index in [9.17, 15) is 4.79 Å². The number of ether oxygens (including phenoxy) is 1. The minimum Gasteiger partial charge on any atom is -0.462 e. The van der Waals surface area contributed by atoms with Crippen LogP contribution in [0.25, 0.3) is 0 Å². The standard InChI is InChI=1S/C26H46N2O2/c1-5-7-14-28(15-8-6-2)16-10-13-27-19-22-21-17-23-20(3)11-9-12-26(23,4)18-24(21)30-25(22)29/h21-22,24,27H,5-19H2,1-4H3/p+1. The van der Waals surface area contributed by atoms with Gasteiger partial charge in [-0.25, -0.2) is 0 Å². The number of hydrogen-bond donors (Lipinski definition) is 2. The molecule has 2 aliphatic carbocycles. The summed E-state index contributed by atoms with van der Waals surface area (Å²) in [6.07, 6.45) is 12.5. The lowest BCUT2D eigenvalue weighted by Gasteiger charge is -2.45. The molecule has 3 rings (SSSR count). The fraction of sp³-hybridized carbons (Fsp3) is 0.885. The van der Waals surface area contributed by atoms with Crippen molar-refractivity contribution in [1.82, 2.24) is 5.32 Å². The Balaban J connectivity index is 1.46. The summed E-state index contributed by atoms with van der Waals surface area (Å²) in [6, 6.07) is 0. The van der Waals surface area contributed by atoms with Crippen LogP contribution in [0.5, 0.6) is 0 Å². The number of allylic oxidation sites excluding steroid dienone is 2. The lowest BCUT2D eigenvalue weighted by molar-refractivity contribution is -0.900. The number of quaternary nitrogens is 1. The van der Waals surface area contributed by atoms with Crippen LogP contribution in [-0.4, -0.2) is 44.8 Å². The van der Waals surface area contributed by atoms with Crippen LogP contribution < -0.4 is 10.2 Å². The molecule has 0 aromatic carbocycles. The quantitative estimate of drug-likeness (QED) is 0.286. The Morgan fingerprint density at radius 2 is 1.83 bits per heavy atom. The molecule has 1 heterocycles. The van der Waals surface area contributed by atoms with E-state index in [4.69, 9.17) is 4.74 Å². The maximum absolute atomic E-state index is 12.7. The number of unbranched alkanes of at least 4 members (excludes halogenated alkanes) is 2. The third-order valence-electron chi connectivity index (χ3n) is 8.20. The SMILES string of the molecule is CCCC[NH+](CCCC)CCCNCC1C(=O)OC2CC3(C)CCCC(C)=C3CC21. The van der Waals surface area contributed by atoms with Gasteiger partial charge < -0.3 is 15.0 Å². The zero-order valence-corrected chi connectivity index (χ0v) is 20.2. The summed E-state index contributed by atoms with van der Waals surface area (Å²) < 4.78 is 5.91. The van der Waals surface area contributed by atoms with Crippen molar-refractivity contribution >= 4 is 5.97 Å². The van der Waals surface area contributed by atoms with Crippen LogP contribution in [-0.2, 0) is 9.53 Å². The Morgan fingerprint density at radius 1 is 1.13 bits per heavy atom. The molecule has 1 aliphatic heterocycles. The van der Waals surface area contributed by atoms with Crippen molar-refractivity contribution < 1.29 is 14.4 Å². The minimum absolute atomic E-state index is 0.0467. The summed E-state index contributed by atoms with van der Waals surface area (Å²) in [5, 5.41) is 3.62. The van der Waals surface area contributed by atoms with Crippen LogP contribution in [0.2, 0.25) is 0 Å². The first kappa shape index (κ1) is 23.8. The molecule has 30 heavy (non-hydrogen) atoms. The van der Waals surface area contributed by atoms with Gasteiger partial charge in [0.15, 0.2) is 0 Å². The highest BCUT2D eigenvalue weighted by Gasteiger charge is 2.52. The molecule has 0 aromatic heterocycles. The number of carbonyl (C=O) groups is 1. The van der Waals surface area contributed by atoms with E-state index in [-0.39, 0.29) is 23.4 Å². The van der Waals surface area contributed by atoms with Gasteiger partial charge >= 0.3 is 5.97 Å². The second kappa shape index (κ2) is 11.1. The molecule has 2 fully saturated rings. The number of esters is 1. The van der Waals surface area contributed by atoms with Gasteiger partial charge in [-0.3, -0.25) is 4.79 Å². The minimum atomic E-state index is 0.0467. The molecule has 4 atom stereocenters. The first-order valence-electron chi connectivity index (χ1n) is 12.9. The zero-order valence-electron chi connectivity index (χ0n) is 20.2. The molecule has 172 valence electrons. The van der Waals surface area contributed by atoms with Crippen LogP contribution in [0.15, 0.2) is 11.1 Å². The van der Waals surface area contributed by atoms with Gasteiger partial charge in [0.1, 0.15) is 6.10 Å². The first-order chi connectivity index (χ1) is 14.5. The highest BCUT2D eigenvalue weighted by molar-refractivity contribution is 5.76. The Kier molecular flexibility index (Phi) is 8.82. The van der Waals surface area contributed by atoms with Crippen molar-refractivity contribution in [3.05, 3.63) is 11.1 Å². The summed E-state index contributed by atoms with van der Waals surface area (Å²) in [7, 11) is 0. The molecule has 0 amide bonds. The van der Waals surface area contributed by atoms with Crippen LogP contribution in [0.3, 0.4) is 0 Å². The second-order valence-electron chi connectivity index (χ2n) is 10.6. The maximum Gasteiger partial charge on any atom is 0.310 e. The lowest BCUT2D eigenvalue weighted by atomic mass is 9.59. The summed E-state index contributed by atoms with van der Waals surface area (Å²) in [5.41, 5.74) is 3.52. The molecular formula is C26H47N2O2+. The van der Waals surface area contributed by atoms with Crippen LogP contribution in [0, 0.1) is 17.3 Å². The maximum atomic E-state index is 12.7. The van der Waals surface area contributed by atoms with Crippen LogP contribution in [0.1, 0.15) is 91.9 Å². The van der Waals surface area contributed by atoms with E-state index >= 15 is 0 Å². The van der Waals surface area contributed by atoms with E-state index in [0.717, 1.165) is 25.9 Å². The summed E-state index contributed by atoms with van der Waals surface area (Å²) in [6.45, 7) is 15.0. The second-order valence-corrected chi connectivity index (χ2v) is 10.6. The van der Waals surface area contributed by atoms with Gasteiger partial charge in [-0.15, -0.1) is 0 Å². The van der Waals surface area contributed by atoms with Crippen molar-refractivity contribution in [2.75, 3.05) is 32.7 Å². The molecule has 0 bridgehead atoms. The van der Waals surface area contributed by atoms with Gasteiger partial charge in [-0.1, -0.05) is 44.8 Å². The van der Waals surface area contributed by atoms with Crippen molar-refractivity contribution in [3.8, 4) is 0 Å². The number of nitrogens with one attached hydrogen (secondary N) is 2. The van der Waals surface area contributed by atoms with E-state index in [1.165, 1.54) is 71.0 Å². The predicted molar refractivity (Wildman–Crippen MR) is 124 cm³/mol. The number of rotatable bonds is 12. The van der Waals surface area contributed by atoms with E-state index < -0.39 is 0 Å². The van der Waals surface area contributed by atoms with Crippen LogP contribution >= 0.6 is 0 Å². The van der Waals surface area contributed by atoms with Gasteiger partial charge in [0.25, 0.3) is 0 Å². The highest BCUT2D eigenvalue weighted by Crippen LogP contribution is 2.54. The molecule has 2 N–H and O–H groups in total. The van der Waals surface area contributed by atoms with Crippen molar-refractivity contribution in [3.63, 3.8) is 0 Å². The van der Waals surface area contributed by atoms with Gasteiger partial charge in [-0.2, -0.15) is 0 Å². The Bertz CT molecular complexity index is 594. The first-order valence-corrected chi connectivity index (χ1v) is 12.9. The molecule has 4 nitrogen and oxygen atoms in total. The average Bonchev–Trinajstić information content (AvgIpc) is 3.01. The highest BCUT2D eigenvalue weighted by atomic mass is 16.6. The van der Waals surface area contributed by atoms with Crippen molar-refractivity contribution in [1.29, 1.82) is 0 Å². The van der Waals surface area contributed by atoms with Gasteiger partial charge in [0.05, 0.1) is 25.6 Å². The third-order valence-corrected chi connectivity index (χ3v) is 8.20. The molecule has 4 heteroatoms. The molecular weight excluding hydrogens is 372 g/mol. The fourth-order valence-corrected chi connectivity index (χ4v) is 6.30. The van der Waals surface area contributed by atoms with E-state index in [2.05, 4.69) is 33.0 Å². The van der Waals surface area contributed by atoms with Crippen molar-refractivity contribution in [2.24, 2.45) is 17.3 Å². The van der Waals surface area contributed by atoms with Gasteiger partial charge in [-0.05, 0) is 57.3 Å². The number of carbonyl (C=O) groups excluding carboxylic acids is 1. The van der Waals surface area contributed by atoms with E-state index in [0.29, 0.717) is 5.92 Å². The molecule has 0 radical (unpaired) electrons. The summed E-state index contributed by atoms with van der Waals surface area (Å²) in [4.78, 5) is 14.4. The Morgan fingerprint density at radius 3 is 2.53 bits per heavy atom.